The Labute approximate surface area is 279 Å². The number of hydrogen-bond acceptors (Lipinski definition) is 9. The second-order valence-electron chi connectivity index (χ2n) is 16.4. The maximum atomic E-state index is 13.3. The third kappa shape index (κ3) is 9.13. The third-order valence-corrected chi connectivity index (χ3v) is 9.82. The second-order valence-corrected chi connectivity index (χ2v) is 18.0. The zero-order valence-corrected chi connectivity index (χ0v) is 32.1. The van der Waals surface area contributed by atoms with E-state index in [0.717, 1.165) is 22.3 Å². The highest BCUT2D eigenvalue weighted by Crippen LogP contribution is 2.53. The Bertz CT molecular complexity index is 1210. The Kier molecular flexibility index (Phi) is 14.2. The van der Waals surface area contributed by atoms with Gasteiger partial charge in [0.05, 0.1) is 25.2 Å². The maximum Gasteiger partial charge on any atom is 0.334 e. The normalized spacial score (nSPS) is 13.7. The van der Waals surface area contributed by atoms with Crippen molar-refractivity contribution in [1.29, 1.82) is 0 Å². The van der Waals surface area contributed by atoms with Crippen molar-refractivity contribution in [2.24, 2.45) is 5.41 Å². The smallest absolute Gasteiger partial charge is 0.334 e. The molecule has 0 spiro atoms. The van der Waals surface area contributed by atoms with Crippen molar-refractivity contribution in [3.8, 4) is 0 Å². The van der Waals surface area contributed by atoms with E-state index in [1.807, 2.05) is 12.1 Å². The molecule has 0 fully saturated rings. The summed E-state index contributed by atoms with van der Waals surface area (Å²) in [6.07, 6.45) is 0. The lowest BCUT2D eigenvalue weighted by Crippen LogP contribution is -2.56. The summed E-state index contributed by atoms with van der Waals surface area (Å²) in [5.74, 6) is 0. The topological polar surface area (TPSA) is 171 Å². The molecule has 0 bridgehead atoms. The van der Waals surface area contributed by atoms with E-state index in [9.17, 15) is 20.4 Å². The lowest BCUT2D eigenvalue weighted by atomic mass is 9.59. The average molecular weight is 687 g/mol. The minimum absolute atomic E-state index is 0.121. The predicted octanol–water partition coefficient (Wildman–Crippen LogP) is 6.12. The lowest BCUT2D eigenvalue weighted by Gasteiger charge is -2.49. The Morgan fingerprint density at radius 1 is 0.500 bits per heavy atom. The van der Waals surface area contributed by atoms with Crippen LogP contribution in [-0.4, -0.2) is 59.8 Å². The number of benzene rings is 2. The molecular formula is C35H60O9P2. The van der Waals surface area contributed by atoms with Crippen LogP contribution in [0, 0.1) is 19.3 Å². The maximum absolute atomic E-state index is 13.3. The first kappa shape index (κ1) is 43.0. The van der Waals surface area contributed by atoms with Crippen LogP contribution in [-0.2, 0) is 31.6 Å². The molecule has 0 heterocycles. The predicted molar refractivity (Wildman–Crippen MR) is 188 cm³/mol. The summed E-state index contributed by atoms with van der Waals surface area (Å²) < 4.78 is 3.60. The Hall–Kier alpha value is -1.06. The van der Waals surface area contributed by atoms with Gasteiger partial charge in [-0.15, -0.1) is 0 Å². The molecule has 9 nitrogen and oxygen atoms in total. The molecule has 0 aliphatic heterocycles. The summed E-state index contributed by atoms with van der Waals surface area (Å²) in [7, 11) is -5.22. The highest BCUT2D eigenvalue weighted by molar-refractivity contribution is 7.53. The molecule has 2 rings (SSSR count). The van der Waals surface area contributed by atoms with Gasteiger partial charge in [0, 0.05) is 0 Å². The van der Waals surface area contributed by atoms with Gasteiger partial charge in [0.2, 0.25) is 0 Å². The molecule has 264 valence electrons. The van der Waals surface area contributed by atoms with Crippen LogP contribution in [0.25, 0.3) is 0 Å². The molecule has 11 heteroatoms. The molecule has 0 radical (unpaired) electrons. The van der Waals surface area contributed by atoms with Crippen molar-refractivity contribution >= 4 is 17.2 Å². The molecule has 2 aromatic rings. The summed E-state index contributed by atoms with van der Waals surface area (Å²) in [5.41, 5.74) is 3.16. The fourth-order valence-corrected chi connectivity index (χ4v) is 7.38. The van der Waals surface area contributed by atoms with E-state index in [-0.39, 0.29) is 21.7 Å². The standard InChI is InChI=1S/C35H56O4.H4O5P2/c1-22-24(30(3,4)5)15-17-26(28(22)32(9,10)11)35(39,34(19-36,20-37)21-38)27-18-16-25(31(6,7)8)23(2)29(27)33(12,13)14;1-6(2)5-7(3)4/h15-18,36-39H,19-21H2,1-14H3;1-4H. The van der Waals surface area contributed by atoms with Crippen molar-refractivity contribution in [2.45, 2.75) is 124 Å². The van der Waals surface area contributed by atoms with E-state index in [1.54, 1.807) is 0 Å². The molecular weight excluding hydrogens is 626 g/mol. The Morgan fingerprint density at radius 2 is 0.761 bits per heavy atom. The fourth-order valence-electron chi connectivity index (χ4n) is 6.86. The molecule has 0 saturated carbocycles. The lowest BCUT2D eigenvalue weighted by molar-refractivity contribution is -0.137. The molecule has 8 N–H and O–H groups in total. The molecule has 0 aliphatic rings. The summed E-state index contributed by atoms with van der Waals surface area (Å²) in [6.45, 7) is 28.3. The Balaban J connectivity index is 0.00000135. The molecule has 0 aromatic heterocycles. The van der Waals surface area contributed by atoms with Gasteiger partial charge in [0.1, 0.15) is 5.60 Å². The van der Waals surface area contributed by atoms with Crippen LogP contribution in [0.1, 0.15) is 128 Å². The molecule has 0 saturated heterocycles. The van der Waals surface area contributed by atoms with Gasteiger partial charge in [-0.2, -0.15) is 0 Å². The van der Waals surface area contributed by atoms with Crippen LogP contribution < -0.4 is 0 Å². The summed E-state index contributed by atoms with van der Waals surface area (Å²) in [6, 6.07) is 8.05. The van der Waals surface area contributed by atoms with Gasteiger partial charge in [-0.1, -0.05) is 107 Å². The quantitative estimate of drug-likeness (QED) is 0.153. The monoisotopic (exact) mass is 686 g/mol. The van der Waals surface area contributed by atoms with Crippen LogP contribution in [0.3, 0.4) is 0 Å². The molecule has 0 aliphatic carbocycles. The molecule has 2 aromatic carbocycles. The highest BCUT2D eigenvalue weighted by Gasteiger charge is 2.55. The van der Waals surface area contributed by atoms with Crippen LogP contribution in [0.4, 0.5) is 0 Å². The van der Waals surface area contributed by atoms with Crippen molar-refractivity contribution in [3.05, 3.63) is 68.8 Å². The van der Waals surface area contributed by atoms with Gasteiger partial charge in [-0.3, -0.25) is 0 Å². The van der Waals surface area contributed by atoms with Crippen molar-refractivity contribution in [1.82, 2.24) is 0 Å². The summed E-state index contributed by atoms with van der Waals surface area (Å²) in [5, 5.41) is 45.9. The first-order valence-electron chi connectivity index (χ1n) is 15.5. The first-order valence-corrected chi connectivity index (χ1v) is 17.8. The van der Waals surface area contributed by atoms with Crippen molar-refractivity contribution in [3.63, 3.8) is 0 Å². The number of hydrogen-bond donors (Lipinski definition) is 8. The van der Waals surface area contributed by atoms with Gasteiger partial charge in [0.25, 0.3) is 0 Å². The van der Waals surface area contributed by atoms with Crippen molar-refractivity contribution < 1.29 is 44.3 Å². The molecule has 0 atom stereocenters. The van der Waals surface area contributed by atoms with Crippen LogP contribution in [0.2, 0.25) is 0 Å². The first-order chi connectivity index (χ1) is 20.6. The molecule has 0 unspecified atom stereocenters. The van der Waals surface area contributed by atoms with E-state index >= 15 is 0 Å². The third-order valence-electron chi connectivity index (χ3n) is 8.65. The SMILES string of the molecule is Cc1c(C(C)(C)C)ccc(C(O)(c2ccc(C(C)(C)C)c(C)c2C(C)(C)C)C(CO)(CO)CO)c1C(C)(C)C.OP(O)OP(O)O. The van der Waals surface area contributed by atoms with Crippen LogP contribution in [0.15, 0.2) is 24.3 Å². The number of aliphatic hydroxyl groups excluding tert-OH is 3. The summed E-state index contributed by atoms with van der Waals surface area (Å²) in [4.78, 5) is 31.3. The number of aliphatic hydroxyl groups is 4. The minimum Gasteiger partial charge on any atom is -0.395 e. The zero-order valence-electron chi connectivity index (χ0n) is 30.3. The van der Waals surface area contributed by atoms with Gasteiger partial charge < -0.3 is 40.0 Å². The van der Waals surface area contributed by atoms with E-state index in [4.69, 9.17) is 19.6 Å². The van der Waals surface area contributed by atoms with Gasteiger partial charge in [-0.25, -0.2) is 4.31 Å². The van der Waals surface area contributed by atoms with Gasteiger partial charge >= 0.3 is 17.2 Å². The van der Waals surface area contributed by atoms with Crippen LogP contribution >= 0.6 is 17.2 Å². The van der Waals surface area contributed by atoms with Gasteiger partial charge in [-0.05, 0) is 80.0 Å². The largest absolute Gasteiger partial charge is 0.395 e. The molecule has 46 heavy (non-hydrogen) atoms. The van der Waals surface area contributed by atoms with E-state index in [2.05, 4.69) is 113 Å². The second kappa shape index (κ2) is 15.2. The van der Waals surface area contributed by atoms with E-state index < -0.39 is 48.0 Å². The fraction of sp³-hybridized carbons (Fsp3) is 0.657. The summed E-state index contributed by atoms with van der Waals surface area (Å²) >= 11 is 0. The van der Waals surface area contributed by atoms with Gasteiger partial charge in [0.15, 0.2) is 0 Å². The van der Waals surface area contributed by atoms with Crippen molar-refractivity contribution in [2.75, 3.05) is 19.8 Å². The van der Waals surface area contributed by atoms with E-state index in [1.165, 1.54) is 11.1 Å². The highest BCUT2D eigenvalue weighted by atomic mass is 31.2. The Morgan fingerprint density at radius 3 is 0.935 bits per heavy atom. The van der Waals surface area contributed by atoms with Crippen LogP contribution in [0.5, 0.6) is 0 Å². The minimum atomic E-state index is -2.61. The number of rotatable bonds is 8. The zero-order chi connectivity index (χ0) is 36.4. The average Bonchev–Trinajstić information content (AvgIpc) is 2.85. The van der Waals surface area contributed by atoms with E-state index in [0.29, 0.717) is 11.1 Å². The molecule has 0 amide bonds.